The molecule has 0 radical (unpaired) electrons. The first-order chi connectivity index (χ1) is 8.15. The van der Waals surface area contributed by atoms with Crippen LogP contribution < -0.4 is 0 Å². The van der Waals surface area contributed by atoms with Crippen LogP contribution in [-0.2, 0) is 0 Å². The van der Waals surface area contributed by atoms with Crippen LogP contribution in [-0.4, -0.2) is 14.9 Å². The van der Waals surface area contributed by atoms with Gasteiger partial charge in [-0.25, -0.2) is 9.97 Å². The van der Waals surface area contributed by atoms with Crippen LogP contribution in [0.4, 0.5) is 5.69 Å². The first-order valence-corrected chi connectivity index (χ1v) is 5.64. The lowest BCUT2D eigenvalue weighted by Gasteiger charge is -2.02. The second-order valence-electron chi connectivity index (χ2n) is 4.11. The Balaban J connectivity index is 2.20. The fourth-order valence-corrected chi connectivity index (χ4v) is 1.97. The zero-order valence-corrected chi connectivity index (χ0v) is 9.52. The van der Waals surface area contributed by atoms with Gasteiger partial charge in [0.1, 0.15) is 11.0 Å². The van der Waals surface area contributed by atoms with E-state index < -0.39 is 4.92 Å². The molecule has 0 N–H and O–H groups in total. The maximum Gasteiger partial charge on any atom is 0.270 e. The molecule has 86 valence electrons. The molecule has 0 spiro atoms. The summed E-state index contributed by atoms with van der Waals surface area (Å²) in [5.74, 6) is 1.16. The van der Waals surface area contributed by atoms with E-state index in [9.17, 15) is 10.1 Å². The zero-order chi connectivity index (χ0) is 12.0. The van der Waals surface area contributed by atoms with Crippen LogP contribution >= 0.6 is 11.6 Å². The summed E-state index contributed by atoms with van der Waals surface area (Å²) in [5.41, 5.74) is 0.666. The molecule has 17 heavy (non-hydrogen) atoms. The molecule has 5 nitrogen and oxygen atoms in total. The predicted molar refractivity (Wildman–Crippen MR) is 63.2 cm³/mol. The van der Waals surface area contributed by atoms with Crippen LogP contribution in [0.15, 0.2) is 18.2 Å². The summed E-state index contributed by atoms with van der Waals surface area (Å²) >= 11 is 6.04. The molecule has 1 aromatic carbocycles. The molecule has 1 fully saturated rings. The van der Waals surface area contributed by atoms with Gasteiger partial charge in [-0.1, -0.05) is 11.6 Å². The number of fused-ring (bicyclic) bond motifs is 1. The number of halogens is 1. The van der Waals surface area contributed by atoms with Gasteiger partial charge in [0.15, 0.2) is 0 Å². The maximum atomic E-state index is 10.7. The number of nitro groups is 1. The van der Waals surface area contributed by atoms with E-state index in [0.29, 0.717) is 22.0 Å². The topological polar surface area (TPSA) is 68.9 Å². The smallest absolute Gasteiger partial charge is 0.258 e. The Hall–Kier alpha value is -1.75. The minimum atomic E-state index is -0.454. The van der Waals surface area contributed by atoms with Crippen LogP contribution in [0, 0.1) is 10.1 Å². The average Bonchev–Trinajstić information content (AvgIpc) is 3.12. The Morgan fingerprint density at radius 1 is 1.35 bits per heavy atom. The number of benzene rings is 1. The Labute approximate surface area is 102 Å². The molecule has 0 bridgehead atoms. The van der Waals surface area contributed by atoms with E-state index in [1.165, 1.54) is 12.1 Å². The van der Waals surface area contributed by atoms with Crippen molar-refractivity contribution in [3.8, 4) is 0 Å². The highest BCUT2D eigenvalue weighted by Gasteiger charge is 2.27. The van der Waals surface area contributed by atoms with E-state index in [2.05, 4.69) is 9.97 Å². The Kier molecular flexibility index (Phi) is 2.22. The van der Waals surface area contributed by atoms with E-state index in [0.717, 1.165) is 18.7 Å². The number of non-ortho nitro benzene ring substituents is 1. The van der Waals surface area contributed by atoms with Crippen LogP contribution in [0.25, 0.3) is 10.9 Å². The summed E-state index contributed by atoms with van der Waals surface area (Å²) in [6, 6.07) is 4.46. The number of aromatic nitrogens is 2. The molecule has 0 unspecified atom stereocenters. The standard InChI is InChI=1S/C11H8ClN3O2/c12-10-8-5-7(15(16)17)3-4-9(8)13-11(14-10)6-1-2-6/h3-6H,1-2H2. The lowest BCUT2D eigenvalue weighted by atomic mass is 10.2. The van der Waals surface area contributed by atoms with Crippen LogP contribution in [0.5, 0.6) is 0 Å². The maximum absolute atomic E-state index is 10.7. The normalized spacial score (nSPS) is 15.1. The molecule has 2 aromatic rings. The SMILES string of the molecule is O=[N+]([O-])c1ccc2nc(C3CC3)nc(Cl)c2c1. The third kappa shape index (κ3) is 1.82. The molecule has 3 rings (SSSR count). The third-order valence-corrected chi connectivity index (χ3v) is 3.09. The fourth-order valence-electron chi connectivity index (χ4n) is 1.73. The van der Waals surface area contributed by atoms with Crippen molar-refractivity contribution in [3.63, 3.8) is 0 Å². The molecule has 1 aliphatic rings. The predicted octanol–water partition coefficient (Wildman–Crippen LogP) is 3.07. The molecule has 0 aliphatic heterocycles. The second-order valence-corrected chi connectivity index (χ2v) is 4.46. The van der Waals surface area contributed by atoms with Crippen molar-refractivity contribution in [2.75, 3.05) is 0 Å². The van der Waals surface area contributed by atoms with Crippen molar-refractivity contribution in [1.82, 2.24) is 9.97 Å². The second kappa shape index (κ2) is 3.63. The van der Waals surface area contributed by atoms with Gasteiger partial charge in [-0.3, -0.25) is 10.1 Å². The quantitative estimate of drug-likeness (QED) is 0.466. The lowest BCUT2D eigenvalue weighted by molar-refractivity contribution is -0.384. The molecule has 1 aromatic heterocycles. The minimum absolute atomic E-state index is 0.00201. The van der Waals surface area contributed by atoms with Gasteiger partial charge in [-0.05, 0) is 18.9 Å². The minimum Gasteiger partial charge on any atom is -0.258 e. The summed E-state index contributed by atoms with van der Waals surface area (Å²) in [6.45, 7) is 0. The van der Waals surface area contributed by atoms with Gasteiger partial charge < -0.3 is 0 Å². The van der Waals surface area contributed by atoms with E-state index in [4.69, 9.17) is 11.6 Å². The third-order valence-electron chi connectivity index (χ3n) is 2.80. The van der Waals surface area contributed by atoms with E-state index in [1.807, 2.05) is 0 Å². The van der Waals surface area contributed by atoms with E-state index >= 15 is 0 Å². The Bertz CT molecular complexity index is 625. The van der Waals surface area contributed by atoms with Crippen molar-refractivity contribution < 1.29 is 4.92 Å². The summed E-state index contributed by atoms with van der Waals surface area (Å²) < 4.78 is 0. The number of hydrogen-bond donors (Lipinski definition) is 0. The van der Waals surface area contributed by atoms with Crippen LogP contribution in [0.1, 0.15) is 24.6 Å². The van der Waals surface area contributed by atoms with Crippen molar-refractivity contribution in [2.45, 2.75) is 18.8 Å². The summed E-state index contributed by atoms with van der Waals surface area (Å²) in [7, 11) is 0. The molecule has 0 saturated heterocycles. The monoisotopic (exact) mass is 249 g/mol. The van der Waals surface area contributed by atoms with Crippen LogP contribution in [0.3, 0.4) is 0 Å². The molecule has 6 heteroatoms. The molecular weight excluding hydrogens is 242 g/mol. The highest BCUT2D eigenvalue weighted by Crippen LogP contribution is 2.39. The highest BCUT2D eigenvalue weighted by atomic mass is 35.5. The Morgan fingerprint density at radius 3 is 2.76 bits per heavy atom. The lowest BCUT2D eigenvalue weighted by Crippen LogP contribution is -1.95. The largest absolute Gasteiger partial charge is 0.270 e. The van der Waals surface area contributed by atoms with Gasteiger partial charge in [-0.2, -0.15) is 0 Å². The van der Waals surface area contributed by atoms with Crippen molar-refractivity contribution in [1.29, 1.82) is 0 Å². The van der Waals surface area contributed by atoms with Crippen molar-refractivity contribution in [3.05, 3.63) is 39.3 Å². The zero-order valence-electron chi connectivity index (χ0n) is 8.76. The van der Waals surface area contributed by atoms with Gasteiger partial charge in [0, 0.05) is 23.4 Å². The van der Waals surface area contributed by atoms with Crippen molar-refractivity contribution >= 4 is 28.2 Å². The number of nitrogens with zero attached hydrogens (tertiary/aromatic N) is 3. The summed E-state index contributed by atoms with van der Waals surface area (Å²) in [4.78, 5) is 18.8. The first-order valence-electron chi connectivity index (χ1n) is 5.27. The van der Waals surface area contributed by atoms with Crippen molar-refractivity contribution in [2.24, 2.45) is 0 Å². The Morgan fingerprint density at radius 2 is 2.12 bits per heavy atom. The fraction of sp³-hybridized carbons (Fsp3) is 0.273. The van der Waals surface area contributed by atoms with Gasteiger partial charge in [0.2, 0.25) is 0 Å². The number of nitro benzene ring substituents is 1. The summed E-state index contributed by atoms with van der Waals surface area (Å²) in [5, 5.41) is 11.5. The molecular formula is C11H8ClN3O2. The molecule has 0 atom stereocenters. The molecule has 1 heterocycles. The molecule has 1 aliphatic carbocycles. The summed E-state index contributed by atoms with van der Waals surface area (Å²) in [6.07, 6.45) is 2.18. The van der Waals surface area contributed by atoms with Gasteiger partial charge in [-0.15, -0.1) is 0 Å². The average molecular weight is 250 g/mol. The van der Waals surface area contributed by atoms with Gasteiger partial charge >= 0.3 is 0 Å². The van der Waals surface area contributed by atoms with E-state index in [-0.39, 0.29) is 5.69 Å². The number of rotatable bonds is 2. The van der Waals surface area contributed by atoms with Crippen LogP contribution in [0.2, 0.25) is 5.15 Å². The van der Waals surface area contributed by atoms with Gasteiger partial charge in [0.05, 0.1) is 10.4 Å². The number of hydrogen-bond acceptors (Lipinski definition) is 4. The molecule has 0 amide bonds. The first kappa shape index (κ1) is 10.4. The molecule has 1 saturated carbocycles. The van der Waals surface area contributed by atoms with E-state index in [1.54, 1.807) is 6.07 Å². The van der Waals surface area contributed by atoms with Gasteiger partial charge in [0.25, 0.3) is 5.69 Å². The highest BCUT2D eigenvalue weighted by molar-refractivity contribution is 6.34.